The number of fused-ring (bicyclic) bond motifs is 1. The second-order valence-electron chi connectivity index (χ2n) is 6.93. The first-order chi connectivity index (χ1) is 15.3. The molecule has 1 aliphatic heterocycles. The lowest BCUT2D eigenvalue weighted by Crippen LogP contribution is -2.29. The van der Waals surface area contributed by atoms with Crippen molar-refractivity contribution in [2.45, 2.75) is 11.3 Å². The number of rotatable bonds is 5. The van der Waals surface area contributed by atoms with Gasteiger partial charge in [-0.05, 0) is 60.5 Å². The molecule has 7 nitrogen and oxygen atoms in total. The summed E-state index contributed by atoms with van der Waals surface area (Å²) in [6.45, 7) is 0.244. The molecule has 1 amide bonds. The fourth-order valence-corrected chi connectivity index (χ4v) is 5.44. The molecule has 32 heavy (non-hydrogen) atoms. The van der Waals surface area contributed by atoms with Gasteiger partial charge in [0.1, 0.15) is 16.4 Å². The van der Waals surface area contributed by atoms with Gasteiger partial charge in [0, 0.05) is 28.3 Å². The molecule has 0 saturated heterocycles. The SMILES string of the molecule is COc1ccc(Cl)cc1S(=O)(=O)N1CCc2ccc(OC(=O)Nc3ccc(Cl)cc3)cc21. The molecule has 0 unspecified atom stereocenters. The van der Waals surface area contributed by atoms with Crippen molar-refractivity contribution in [1.82, 2.24) is 0 Å². The number of sulfonamides is 1. The van der Waals surface area contributed by atoms with E-state index in [0.717, 1.165) is 5.56 Å². The average Bonchev–Trinajstić information content (AvgIpc) is 3.19. The number of carbonyl (C=O) groups is 1. The van der Waals surface area contributed by atoms with Gasteiger partial charge in [-0.2, -0.15) is 0 Å². The van der Waals surface area contributed by atoms with Crippen LogP contribution in [0.1, 0.15) is 5.56 Å². The minimum absolute atomic E-state index is 0.0350. The molecule has 0 spiro atoms. The molecule has 1 aliphatic rings. The predicted octanol–water partition coefficient (Wildman–Crippen LogP) is 5.36. The second-order valence-corrected chi connectivity index (χ2v) is 9.64. The van der Waals surface area contributed by atoms with Crippen LogP contribution in [0.3, 0.4) is 0 Å². The van der Waals surface area contributed by atoms with E-state index < -0.39 is 16.1 Å². The minimum Gasteiger partial charge on any atom is -0.495 e. The maximum Gasteiger partial charge on any atom is 0.417 e. The van der Waals surface area contributed by atoms with Crippen molar-refractivity contribution in [2.24, 2.45) is 0 Å². The summed E-state index contributed by atoms with van der Waals surface area (Å²) in [5.74, 6) is 0.396. The summed E-state index contributed by atoms with van der Waals surface area (Å²) in [5.41, 5.74) is 1.77. The monoisotopic (exact) mass is 492 g/mol. The molecule has 0 radical (unpaired) electrons. The Kier molecular flexibility index (Phi) is 6.19. The Morgan fingerprint density at radius 3 is 2.44 bits per heavy atom. The van der Waals surface area contributed by atoms with Gasteiger partial charge >= 0.3 is 6.09 Å². The van der Waals surface area contributed by atoms with E-state index in [4.69, 9.17) is 32.7 Å². The number of amides is 1. The first-order valence-electron chi connectivity index (χ1n) is 9.51. The Balaban J connectivity index is 1.59. The number of benzene rings is 3. The third-order valence-corrected chi connectivity index (χ3v) is 7.23. The largest absolute Gasteiger partial charge is 0.495 e. The van der Waals surface area contributed by atoms with Crippen molar-refractivity contribution in [3.63, 3.8) is 0 Å². The Labute approximate surface area is 195 Å². The molecule has 4 rings (SSSR count). The molecule has 10 heteroatoms. The molecule has 0 fully saturated rings. The molecular formula is C22H18Cl2N2O5S. The van der Waals surface area contributed by atoms with Crippen molar-refractivity contribution in [3.05, 3.63) is 76.3 Å². The number of carbonyl (C=O) groups excluding carboxylic acids is 1. The fourth-order valence-electron chi connectivity index (χ4n) is 3.40. The van der Waals surface area contributed by atoms with Crippen molar-refractivity contribution < 1.29 is 22.7 Å². The van der Waals surface area contributed by atoms with E-state index in [9.17, 15) is 13.2 Å². The zero-order valence-electron chi connectivity index (χ0n) is 16.8. The van der Waals surface area contributed by atoms with Crippen molar-refractivity contribution in [1.29, 1.82) is 0 Å². The molecule has 166 valence electrons. The summed E-state index contributed by atoms with van der Waals surface area (Å²) in [4.78, 5) is 12.2. The number of halogens is 2. The molecule has 0 aromatic heterocycles. The molecule has 3 aromatic carbocycles. The summed E-state index contributed by atoms with van der Waals surface area (Å²) in [6.07, 6.45) is -0.189. The number of nitrogens with one attached hydrogen (secondary N) is 1. The first-order valence-corrected chi connectivity index (χ1v) is 11.7. The lowest BCUT2D eigenvalue weighted by molar-refractivity contribution is 0.215. The summed E-state index contributed by atoms with van der Waals surface area (Å²) in [6, 6.07) is 15.9. The molecule has 0 bridgehead atoms. The van der Waals surface area contributed by atoms with Crippen LogP contribution >= 0.6 is 23.2 Å². The van der Waals surface area contributed by atoms with Gasteiger partial charge < -0.3 is 9.47 Å². The highest BCUT2D eigenvalue weighted by Crippen LogP contribution is 2.38. The minimum atomic E-state index is -3.96. The van der Waals surface area contributed by atoms with E-state index in [1.807, 2.05) is 0 Å². The van der Waals surface area contributed by atoms with Crippen LogP contribution in [0.15, 0.2) is 65.6 Å². The number of hydrogen-bond donors (Lipinski definition) is 1. The van der Waals surface area contributed by atoms with Gasteiger partial charge in [0.15, 0.2) is 0 Å². The van der Waals surface area contributed by atoms with Crippen LogP contribution in [0.4, 0.5) is 16.2 Å². The van der Waals surface area contributed by atoms with Gasteiger partial charge in [-0.1, -0.05) is 29.3 Å². The van der Waals surface area contributed by atoms with Crippen molar-refractivity contribution >= 4 is 50.7 Å². The topological polar surface area (TPSA) is 84.9 Å². The van der Waals surface area contributed by atoms with Gasteiger partial charge in [0.25, 0.3) is 10.0 Å². The molecule has 1 N–H and O–H groups in total. The van der Waals surface area contributed by atoms with Gasteiger partial charge in [-0.15, -0.1) is 0 Å². The van der Waals surface area contributed by atoms with E-state index in [2.05, 4.69) is 5.32 Å². The Bertz CT molecular complexity index is 1280. The van der Waals surface area contributed by atoms with Crippen molar-refractivity contribution in [3.8, 4) is 11.5 Å². The van der Waals surface area contributed by atoms with E-state index in [0.29, 0.717) is 22.8 Å². The fraction of sp³-hybridized carbons (Fsp3) is 0.136. The van der Waals surface area contributed by atoms with Crippen LogP contribution in [-0.2, 0) is 16.4 Å². The third kappa shape index (κ3) is 4.48. The highest BCUT2D eigenvalue weighted by molar-refractivity contribution is 7.93. The maximum absolute atomic E-state index is 13.4. The average molecular weight is 493 g/mol. The lowest BCUT2D eigenvalue weighted by Gasteiger charge is -2.21. The van der Waals surface area contributed by atoms with E-state index in [-0.39, 0.29) is 28.0 Å². The number of anilines is 2. The number of ether oxygens (including phenoxy) is 2. The number of nitrogens with zero attached hydrogens (tertiary/aromatic N) is 1. The second kappa shape index (κ2) is 8.90. The van der Waals surface area contributed by atoms with Gasteiger partial charge in [-0.25, -0.2) is 13.2 Å². The zero-order valence-corrected chi connectivity index (χ0v) is 19.2. The maximum atomic E-state index is 13.4. The number of hydrogen-bond acceptors (Lipinski definition) is 5. The Morgan fingerprint density at radius 2 is 1.72 bits per heavy atom. The van der Waals surface area contributed by atoms with E-state index >= 15 is 0 Å². The van der Waals surface area contributed by atoms with Gasteiger partial charge in [0.2, 0.25) is 0 Å². The smallest absolute Gasteiger partial charge is 0.417 e. The first kappa shape index (κ1) is 22.3. The molecule has 0 atom stereocenters. The van der Waals surface area contributed by atoms with E-state index in [1.165, 1.54) is 29.6 Å². The van der Waals surface area contributed by atoms with Crippen LogP contribution < -0.4 is 19.1 Å². The van der Waals surface area contributed by atoms with Crippen molar-refractivity contribution in [2.75, 3.05) is 23.3 Å². The quantitative estimate of drug-likeness (QED) is 0.517. The normalized spacial score (nSPS) is 12.9. The highest BCUT2D eigenvalue weighted by atomic mass is 35.5. The summed E-state index contributed by atoms with van der Waals surface area (Å²) < 4.78 is 38.6. The Hall–Kier alpha value is -2.94. The molecule has 3 aromatic rings. The highest BCUT2D eigenvalue weighted by Gasteiger charge is 2.33. The lowest BCUT2D eigenvalue weighted by atomic mass is 10.1. The Morgan fingerprint density at radius 1 is 1.00 bits per heavy atom. The zero-order chi connectivity index (χ0) is 22.9. The molecule has 0 saturated carbocycles. The van der Waals surface area contributed by atoms with E-state index in [1.54, 1.807) is 42.5 Å². The van der Waals surface area contributed by atoms with Gasteiger partial charge in [-0.3, -0.25) is 9.62 Å². The van der Waals surface area contributed by atoms with Crippen LogP contribution in [-0.4, -0.2) is 28.2 Å². The molecule has 1 heterocycles. The third-order valence-electron chi connectivity index (χ3n) is 4.90. The summed E-state index contributed by atoms with van der Waals surface area (Å²) >= 11 is 11.9. The molecular weight excluding hydrogens is 475 g/mol. The van der Waals surface area contributed by atoms with Crippen LogP contribution in [0.25, 0.3) is 0 Å². The van der Waals surface area contributed by atoms with Crippen LogP contribution in [0, 0.1) is 0 Å². The summed E-state index contributed by atoms with van der Waals surface area (Å²) in [7, 11) is -2.57. The predicted molar refractivity (Wildman–Crippen MR) is 124 cm³/mol. The van der Waals surface area contributed by atoms with Gasteiger partial charge in [0.05, 0.1) is 12.8 Å². The number of methoxy groups -OCH3 is 1. The standard InChI is InChI=1S/C22H18Cl2N2O5S/c1-30-20-9-5-16(24)12-21(20)32(28,29)26-11-10-14-2-8-18(13-19(14)26)31-22(27)25-17-6-3-15(23)4-7-17/h2-9,12-13H,10-11H2,1H3,(H,25,27). The summed E-state index contributed by atoms with van der Waals surface area (Å²) in [5, 5.41) is 3.41. The molecule has 0 aliphatic carbocycles. The van der Waals surface area contributed by atoms with Crippen LogP contribution in [0.5, 0.6) is 11.5 Å². The van der Waals surface area contributed by atoms with Crippen LogP contribution in [0.2, 0.25) is 10.0 Å².